The summed E-state index contributed by atoms with van der Waals surface area (Å²) in [6, 6.07) is 7.91. The molecule has 0 saturated heterocycles. The highest BCUT2D eigenvalue weighted by Crippen LogP contribution is 2.11. The van der Waals surface area contributed by atoms with Crippen LogP contribution < -0.4 is 5.73 Å². The van der Waals surface area contributed by atoms with Crippen LogP contribution in [0.25, 0.3) is 0 Å². The Morgan fingerprint density at radius 2 is 2.00 bits per heavy atom. The van der Waals surface area contributed by atoms with E-state index in [1.165, 1.54) is 0 Å². The van der Waals surface area contributed by atoms with Crippen LogP contribution in [-0.4, -0.2) is 23.3 Å². The number of nitrogens with zero attached hydrogens (tertiary/aromatic N) is 1. The Morgan fingerprint density at radius 1 is 1.44 bits per heavy atom. The Bertz CT molecular complexity index is 378. The highest BCUT2D eigenvalue weighted by atomic mass is 16.6. The van der Waals surface area contributed by atoms with Gasteiger partial charge in [0.25, 0.3) is 0 Å². The molecule has 0 aliphatic carbocycles. The zero-order valence-electron chi connectivity index (χ0n) is 9.00. The maximum Gasteiger partial charge on any atom is 0.219 e. The summed E-state index contributed by atoms with van der Waals surface area (Å²) in [6.45, 7) is 1.23. The third-order valence-corrected chi connectivity index (χ3v) is 2.47. The second kappa shape index (κ2) is 5.37. The van der Waals surface area contributed by atoms with Crippen LogP contribution in [0.2, 0.25) is 0 Å². The molecule has 2 unspecified atom stereocenters. The Morgan fingerprint density at radius 3 is 2.50 bits per heavy atom. The summed E-state index contributed by atoms with van der Waals surface area (Å²) < 4.78 is 0. The fourth-order valence-corrected chi connectivity index (χ4v) is 1.39. The average molecular weight is 222 g/mol. The Kier molecular flexibility index (Phi) is 4.13. The largest absolute Gasteiger partial charge is 0.322 e. The van der Waals surface area contributed by atoms with E-state index in [-0.39, 0.29) is 12.3 Å². The van der Waals surface area contributed by atoms with E-state index < -0.39 is 16.9 Å². The lowest BCUT2D eigenvalue weighted by atomic mass is 9.93. The Labute approximate surface area is 93.4 Å². The molecule has 0 amide bonds. The lowest BCUT2D eigenvalue weighted by Gasteiger charge is -2.14. The minimum Gasteiger partial charge on any atom is -0.322 e. The van der Waals surface area contributed by atoms with E-state index in [0.717, 1.165) is 0 Å². The molecule has 0 spiro atoms. The summed E-state index contributed by atoms with van der Waals surface area (Å²) in [7, 11) is 0. The molecule has 1 rings (SSSR count). The third-order valence-electron chi connectivity index (χ3n) is 2.47. The molecular weight excluding hydrogens is 208 g/mol. The Balaban J connectivity index is 2.71. The molecule has 86 valence electrons. The number of nitrogens with two attached hydrogens (primary N) is 1. The van der Waals surface area contributed by atoms with E-state index in [1.807, 2.05) is 0 Å². The minimum atomic E-state index is -0.747. The van der Waals surface area contributed by atoms with Crippen molar-refractivity contribution in [3.8, 4) is 0 Å². The first-order valence-electron chi connectivity index (χ1n) is 4.99. The average Bonchev–Trinajstić information content (AvgIpc) is 2.27. The topological polar surface area (TPSA) is 86.2 Å². The molecule has 0 heterocycles. The second-order valence-corrected chi connectivity index (χ2v) is 3.70. The van der Waals surface area contributed by atoms with Gasteiger partial charge in [0.15, 0.2) is 5.78 Å². The van der Waals surface area contributed by atoms with Crippen molar-refractivity contribution in [1.82, 2.24) is 0 Å². The van der Waals surface area contributed by atoms with E-state index in [9.17, 15) is 14.9 Å². The third kappa shape index (κ3) is 3.13. The van der Waals surface area contributed by atoms with Gasteiger partial charge in [0.1, 0.15) is 0 Å². The monoisotopic (exact) mass is 222 g/mol. The molecule has 1 aromatic rings. The van der Waals surface area contributed by atoms with Gasteiger partial charge in [-0.05, 0) is 0 Å². The number of carbonyl (C=O) groups is 1. The number of nitro groups is 1. The number of hydrogen-bond donors (Lipinski definition) is 1. The number of benzene rings is 1. The van der Waals surface area contributed by atoms with Crippen LogP contribution in [-0.2, 0) is 0 Å². The molecule has 2 N–H and O–H groups in total. The van der Waals surface area contributed by atoms with Gasteiger partial charge in [-0.2, -0.15) is 0 Å². The smallest absolute Gasteiger partial charge is 0.219 e. The fraction of sp³-hybridized carbons (Fsp3) is 0.364. The highest BCUT2D eigenvalue weighted by Gasteiger charge is 2.25. The maximum absolute atomic E-state index is 11.9. The molecular formula is C11H14N2O3. The predicted molar refractivity (Wildman–Crippen MR) is 59.8 cm³/mol. The van der Waals surface area contributed by atoms with Gasteiger partial charge in [0.05, 0.1) is 6.04 Å². The van der Waals surface area contributed by atoms with Crippen LogP contribution in [0, 0.1) is 16.0 Å². The van der Waals surface area contributed by atoms with Gasteiger partial charge in [0, 0.05) is 16.4 Å². The molecule has 0 aromatic heterocycles. The lowest BCUT2D eigenvalue weighted by Crippen LogP contribution is -2.39. The highest BCUT2D eigenvalue weighted by molar-refractivity contribution is 5.98. The molecule has 16 heavy (non-hydrogen) atoms. The zero-order valence-corrected chi connectivity index (χ0v) is 9.00. The summed E-state index contributed by atoms with van der Waals surface area (Å²) in [6.07, 6.45) is 0. The number of rotatable bonds is 5. The standard InChI is InChI=1S/C11H14N2O3/c1-8(10(12)7-13(15)16)11(14)9-5-3-2-4-6-9/h2-6,8,10H,7,12H2,1H3. The predicted octanol–water partition coefficient (Wildman–Crippen LogP) is 1.11. The molecule has 2 atom stereocenters. The van der Waals surface area contributed by atoms with Crippen molar-refractivity contribution >= 4 is 5.78 Å². The lowest BCUT2D eigenvalue weighted by molar-refractivity contribution is -0.483. The normalized spacial score (nSPS) is 14.1. The summed E-state index contributed by atoms with van der Waals surface area (Å²) in [5.74, 6) is -0.706. The molecule has 5 heteroatoms. The summed E-state index contributed by atoms with van der Waals surface area (Å²) in [5.41, 5.74) is 6.13. The number of hydrogen-bond acceptors (Lipinski definition) is 4. The van der Waals surface area contributed by atoms with E-state index in [0.29, 0.717) is 5.56 Å². The molecule has 0 saturated carbocycles. The van der Waals surface area contributed by atoms with Crippen LogP contribution >= 0.6 is 0 Å². The first-order chi connectivity index (χ1) is 7.52. The number of carbonyl (C=O) groups excluding carboxylic acids is 1. The summed E-state index contributed by atoms with van der Waals surface area (Å²) in [4.78, 5) is 21.7. The van der Waals surface area contributed by atoms with Crippen molar-refractivity contribution < 1.29 is 9.72 Å². The molecule has 0 bridgehead atoms. The van der Waals surface area contributed by atoms with Crippen LogP contribution in [0.3, 0.4) is 0 Å². The molecule has 0 radical (unpaired) electrons. The quantitative estimate of drug-likeness (QED) is 0.459. The molecule has 5 nitrogen and oxygen atoms in total. The fourth-order valence-electron chi connectivity index (χ4n) is 1.39. The van der Waals surface area contributed by atoms with Gasteiger partial charge < -0.3 is 5.73 Å². The molecule has 0 aliphatic rings. The SMILES string of the molecule is CC(C(=O)c1ccccc1)C(N)C[N+](=O)[O-]. The van der Waals surface area contributed by atoms with E-state index in [1.54, 1.807) is 37.3 Å². The van der Waals surface area contributed by atoms with Crippen molar-refractivity contribution in [3.63, 3.8) is 0 Å². The van der Waals surface area contributed by atoms with Crippen LogP contribution in [0.1, 0.15) is 17.3 Å². The van der Waals surface area contributed by atoms with Crippen molar-refractivity contribution in [2.75, 3.05) is 6.54 Å². The van der Waals surface area contributed by atoms with Gasteiger partial charge in [-0.25, -0.2) is 0 Å². The maximum atomic E-state index is 11.9. The van der Waals surface area contributed by atoms with Gasteiger partial charge in [0.2, 0.25) is 6.54 Å². The van der Waals surface area contributed by atoms with Gasteiger partial charge in [-0.1, -0.05) is 37.3 Å². The van der Waals surface area contributed by atoms with Crippen LogP contribution in [0.15, 0.2) is 30.3 Å². The van der Waals surface area contributed by atoms with Crippen LogP contribution in [0.5, 0.6) is 0 Å². The minimum absolute atomic E-state index is 0.157. The Hall–Kier alpha value is -1.75. The number of Topliss-reactive ketones (excluding diaryl/α,β-unsaturated/α-hetero) is 1. The van der Waals surface area contributed by atoms with Crippen molar-refractivity contribution in [2.24, 2.45) is 11.7 Å². The summed E-state index contributed by atoms with van der Waals surface area (Å²) in [5, 5.41) is 10.3. The summed E-state index contributed by atoms with van der Waals surface area (Å²) >= 11 is 0. The van der Waals surface area contributed by atoms with Gasteiger partial charge >= 0.3 is 0 Å². The number of ketones is 1. The van der Waals surface area contributed by atoms with Crippen LogP contribution in [0.4, 0.5) is 0 Å². The molecule has 1 aromatic carbocycles. The van der Waals surface area contributed by atoms with E-state index in [4.69, 9.17) is 5.73 Å². The zero-order chi connectivity index (χ0) is 12.1. The van der Waals surface area contributed by atoms with E-state index >= 15 is 0 Å². The van der Waals surface area contributed by atoms with Crippen molar-refractivity contribution in [3.05, 3.63) is 46.0 Å². The first kappa shape index (κ1) is 12.3. The van der Waals surface area contributed by atoms with Gasteiger partial charge in [-0.3, -0.25) is 14.9 Å². The molecule has 0 aliphatic heterocycles. The van der Waals surface area contributed by atoms with E-state index in [2.05, 4.69) is 0 Å². The first-order valence-corrected chi connectivity index (χ1v) is 4.99. The van der Waals surface area contributed by atoms with Crippen molar-refractivity contribution in [1.29, 1.82) is 0 Å². The molecule has 0 fully saturated rings. The van der Waals surface area contributed by atoms with Crippen molar-refractivity contribution in [2.45, 2.75) is 13.0 Å². The van der Waals surface area contributed by atoms with Gasteiger partial charge in [-0.15, -0.1) is 0 Å². The second-order valence-electron chi connectivity index (χ2n) is 3.70.